The van der Waals surface area contributed by atoms with Gasteiger partial charge in [-0.15, -0.1) is 0 Å². The molecule has 0 unspecified atom stereocenters. The number of pyridine rings is 1. The summed E-state index contributed by atoms with van der Waals surface area (Å²) in [5.74, 6) is 2.17. The predicted octanol–water partition coefficient (Wildman–Crippen LogP) is 5.04. The lowest BCUT2D eigenvalue weighted by atomic mass is 9.98. The first-order valence-electron chi connectivity index (χ1n) is 10.7. The number of aromatic nitrogens is 1. The van der Waals surface area contributed by atoms with Gasteiger partial charge < -0.3 is 19.2 Å². The second kappa shape index (κ2) is 9.35. The van der Waals surface area contributed by atoms with E-state index in [4.69, 9.17) is 14.2 Å². The average molecular weight is 408 g/mol. The Morgan fingerprint density at radius 2 is 1.77 bits per heavy atom. The summed E-state index contributed by atoms with van der Waals surface area (Å²) in [6, 6.07) is 15.3. The maximum Gasteiger partial charge on any atom is 0.193 e. The van der Waals surface area contributed by atoms with E-state index in [0.717, 1.165) is 54.3 Å². The smallest absolute Gasteiger partial charge is 0.193 e. The highest BCUT2D eigenvalue weighted by Gasteiger charge is 2.16. The molecular formula is C25H29NO4. The lowest BCUT2D eigenvalue weighted by molar-refractivity contribution is 0.0497. The molecule has 1 N–H and O–H groups in total. The van der Waals surface area contributed by atoms with E-state index in [1.54, 1.807) is 0 Å². The molecule has 1 aliphatic rings. The van der Waals surface area contributed by atoms with E-state index in [1.165, 1.54) is 0 Å². The van der Waals surface area contributed by atoms with Crippen molar-refractivity contribution in [3.05, 3.63) is 70.0 Å². The zero-order valence-corrected chi connectivity index (χ0v) is 17.6. The van der Waals surface area contributed by atoms with Crippen molar-refractivity contribution in [3.63, 3.8) is 0 Å². The van der Waals surface area contributed by atoms with Crippen molar-refractivity contribution in [1.29, 1.82) is 0 Å². The van der Waals surface area contributed by atoms with Gasteiger partial charge in [-0.05, 0) is 48.9 Å². The summed E-state index contributed by atoms with van der Waals surface area (Å²) >= 11 is 0. The van der Waals surface area contributed by atoms with Crippen LogP contribution < -0.4 is 14.9 Å². The van der Waals surface area contributed by atoms with Crippen LogP contribution in [-0.2, 0) is 11.3 Å². The van der Waals surface area contributed by atoms with Gasteiger partial charge in [0.2, 0.25) is 0 Å². The Bertz CT molecular complexity index is 1050. The van der Waals surface area contributed by atoms with Crippen LogP contribution in [0.5, 0.6) is 11.5 Å². The van der Waals surface area contributed by atoms with Crippen LogP contribution in [0.2, 0.25) is 0 Å². The quantitative estimate of drug-likeness (QED) is 0.596. The number of rotatable bonds is 7. The highest BCUT2D eigenvalue weighted by Crippen LogP contribution is 2.24. The Morgan fingerprint density at radius 3 is 2.53 bits per heavy atom. The Balaban J connectivity index is 1.48. The molecule has 0 radical (unpaired) electrons. The van der Waals surface area contributed by atoms with Crippen LogP contribution in [0.15, 0.2) is 53.3 Å². The fraction of sp³-hybridized carbons (Fsp3) is 0.400. The third-order valence-corrected chi connectivity index (χ3v) is 5.62. The van der Waals surface area contributed by atoms with Crippen LogP contribution in [0.4, 0.5) is 0 Å². The number of H-pyrrole nitrogens is 1. The predicted molar refractivity (Wildman–Crippen MR) is 118 cm³/mol. The highest BCUT2D eigenvalue weighted by molar-refractivity contribution is 5.79. The molecule has 1 aliphatic heterocycles. The summed E-state index contributed by atoms with van der Waals surface area (Å²) in [5.41, 5.74) is 2.51. The van der Waals surface area contributed by atoms with Crippen molar-refractivity contribution in [2.75, 3.05) is 19.8 Å². The molecule has 0 atom stereocenters. The summed E-state index contributed by atoms with van der Waals surface area (Å²) < 4.78 is 17.4. The van der Waals surface area contributed by atoms with Crippen molar-refractivity contribution in [3.8, 4) is 11.5 Å². The fourth-order valence-electron chi connectivity index (χ4n) is 3.96. The van der Waals surface area contributed by atoms with Crippen LogP contribution >= 0.6 is 0 Å². The first-order chi connectivity index (χ1) is 14.6. The maximum atomic E-state index is 13.0. The number of fused-ring (bicyclic) bond motifs is 1. The maximum absolute atomic E-state index is 13.0. The molecule has 0 spiro atoms. The largest absolute Gasteiger partial charge is 0.493 e. The molecule has 0 aliphatic carbocycles. The number of aromatic amines is 1. The summed E-state index contributed by atoms with van der Waals surface area (Å²) in [5, 5.41) is 0.716. The Morgan fingerprint density at radius 1 is 1.03 bits per heavy atom. The van der Waals surface area contributed by atoms with Gasteiger partial charge in [0.25, 0.3) is 0 Å². The molecule has 3 aromatic rings. The van der Waals surface area contributed by atoms with Crippen LogP contribution in [-0.4, -0.2) is 24.8 Å². The van der Waals surface area contributed by atoms with Crippen LogP contribution in [0.1, 0.15) is 43.9 Å². The van der Waals surface area contributed by atoms with E-state index >= 15 is 0 Å². The molecule has 5 heteroatoms. The Kier molecular flexibility index (Phi) is 6.38. The third-order valence-electron chi connectivity index (χ3n) is 5.62. The number of hydrogen-bond acceptors (Lipinski definition) is 4. The minimum Gasteiger partial charge on any atom is -0.493 e. The van der Waals surface area contributed by atoms with E-state index in [9.17, 15) is 4.79 Å². The molecule has 0 amide bonds. The molecular weight excluding hydrogens is 378 g/mol. The lowest BCUT2D eigenvalue weighted by Crippen LogP contribution is -2.21. The van der Waals surface area contributed by atoms with E-state index in [-0.39, 0.29) is 11.3 Å². The summed E-state index contributed by atoms with van der Waals surface area (Å²) in [6.07, 6.45) is 2.09. The van der Waals surface area contributed by atoms with Gasteiger partial charge in [-0.2, -0.15) is 0 Å². The first-order valence-corrected chi connectivity index (χ1v) is 10.7. The SMILES string of the molecule is CC(C)c1c(COc2cccc(OCC3CCOCC3)c2)[nH]c2ccccc2c1=O. The van der Waals surface area contributed by atoms with Gasteiger partial charge in [-0.1, -0.05) is 32.0 Å². The monoisotopic (exact) mass is 407 g/mol. The molecule has 158 valence electrons. The first kappa shape index (κ1) is 20.5. The van der Waals surface area contributed by atoms with Gasteiger partial charge >= 0.3 is 0 Å². The molecule has 0 bridgehead atoms. The van der Waals surface area contributed by atoms with E-state index < -0.39 is 0 Å². The number of ether oxygens (including phenoxy) is 3. The number of nitrogens with one attached hydrogen (secondary N) is 1. The van der Waals surface area contributed by atoms with Crippen molar-refractivity contribution < 1.29 is 14.2 Å². The van der Waals surface area contributed by atoms with Crippen molar-refractivity contribution in [2.24, 2.45) is 5.92 Å². The van der Waals surface area contributed by atoms with Crippen molar-refractivity contribution in [1.82, 2.24) is 4.98 Å². The molecule has 2 aromatic carbocycles. The molecule has 2 heterocycles. The van der Waals surface area contributed by atoms with Crippen molar-refractivity contribution >= 4 is 10.9 Å². The van der Waals surface area contributed by atoms with Crippen LogP contribution in [0.3, 0.4) is 0 Å². The standard InChI is InChI=1S/C25H29NO4/c1-17(2)24-23(26-22-9-4-3-8-21(22)25(24)27)16-30-20-7-5-6-19(14-20)29-15-18-10-12-28-13-11-18/h3-9,14,17-18H,10-13,15-16H2,1-2H3,(H,26,27). The molecule has 1 saturated heterocycles. The fourth-order valence-corrected chi connectivity index (χ4v) is 3.96. The second-order valence-corrected chi connectivity index (χ2v) is 8.18. The van der Waals surface area contributed by atoms with E-state index in [2.05, 4.69) is 4.98 Å². The molecule has 1 aromatic heterocycles. The Labute approximate surface area is 177 Å². The zero-order valence-electron chi connectivity index (χ0n) is 17.6. The second-order valence-electron chi connectivity index (χ2n) is 8.18. The average Bonchev–Trinajstić information content (AvgIpc) is 2.77. The summed E-state index contributed by atoms with van der Waals surface area (Å²) in [7, 11) is 0. The van der Waals surface area contributed by atoms with Gasteiger partial charge in [0.05, 0.1) is 12.3 Å². The van der Waals surface area contributed by atoms with Crippen molar-refractivity contribution in [2.45, 2.75) is 39.2 Å². The molecule has 4 rings (SSSR count). The normalized spacial score (nSPS) is 14.9. The molecule has 30 heavy (non-hydrogen) atoms. The summed E-state index contributed by atoms with van der Waals surface area (Å²) in [6.45, 7) is 6.71. The number of hydrogen-bond donors (Lipinski definition) is 1. The topological polar surface area (TPSA) is 60.6 Å². The minimum atomic E-state index is 0.0755. The minimum absolute atomic E-state index is 0.0755. The van der Waals surface area contributed by atoms with Gasteiger partial charge in [0.1, 0.15) is 18.1 Å². The van der Waals surface area contributed by atoms with Crippen LogP contribution in [0, 0.1) is 5.92 Å². The molecule has 1 fully saturated rings. The number of benzene rings is 2. The van der Waals surface area contributed by atoms with Crippen LogP contribution in [0.25, 0.3) is 10.9 Å². The summed E-state index contributed by atoms with van der Waals surface area (Å²) in [4.78, 5) is 16.4. The highest BCUT2D eigenvalue weighted by atomic mass is 16.5. The van der Waals surface area contributed by atoms with Gasteiger partial charge in [-0.3, -0.25) is 4.79 Å². The zero-order chi connectivity index (χ0) is 20.9. The van der Waals surface area contributed by atoms with E-state index in [1.807, 2.05) is 62.4 Å². The number of para-hydroxylation sites is 1. The molecule has 5 nitrogen and oxygen atoms in total. The van der Waals surface area contributed by atoms with E-state index in [0.29, 0.717) is 24.5 Å². The van der Waals surface area contributed by atoms with Gasteiger partial charge in [0.15, 0.2) is 5.43 Å². The Hall–Kier alpha value is -2.79. The van der Waals surface area contributed by atoms with Gasteiger partial charge in [0, 0.05) is 35.7 Å². The molecule has 0 saturated carbocycles. The third kappa shape index (κ3) is 4.68. The lowest BCUT2D eigenvalue weighted by Gasteiger charge is -2.22. The van der Waals surface area contributed by atoms with Gasteiger partial charge in [-0.25, -0.2) is 0 Å².